The van der Waals surface area contributed by atoms with Crippen molar-refractivity contribution in [3.05, 3.63) is 0 Å². The van der Waals surface area contributed by atoms with Crippen molar-refractivity contribution in [1.29, 1.82) is 0 Å². The first kappa shape index (κ1) is 10.1. The molecule has 0 bridgehead atoms. The van der Waals surface area contributed by atoms with Gasteiger partial charge in [-0.3, -0.25) is 0 Å². The Morgan fingerprint density at radius 1 is 1.00 bits per heavy atom. The van der Waals surface area contributed by atoms with Gasteiger partial charge < -0.3 is 0 Å². The van der Waals surface area contributed by atoms with Crippen LogP contribution in [0.2, 0.25) is 0 Å². The summed E-state index contributed by atoms with van der Waals surface area (Å²) in [5.74, 6) is 0. The molecule has 1 atom stereocenters. The lowest BCUT2D eigenvalue weighted by molar-refractivity contribution is -0.224. The van der Waals surface area contributed by atoms with Gasteiger partial charge in [0, 0.05) is 0 Å². The van der Waals surface area contributed by atoms with E-state index in [1.54, 1.807) is 0 Å². The minimum absolute atomic E-state index is 1.23. The zero-order valence-corrected chi connectivity index (χ0v) is 5.81. The quantitative estimate of drug-likeness (QED) is 0.480. The Morgan fingerprint density at radius 2 is 1.30 bits per heavy atom. The molecule has 0 radical (unpaired) electrons. The van der Waals surface area contributed by atoms with Crippen LogP contribution >= 0.6 is 15.9 Å². The summed E-state index contributed by atoms with van der Waals surface area (Å²) in [5, 5.41) is 0. The maximum atomic E-state index is 11.8. The van der Waals surface area contributed by atoms with Gasteiger partial charge in [0.05, 0.1) is 0 Å². The number of rotatable bonds is 1. The predicted octanol–water partition coefficient (Wildman–Crippen LogP) is 2.87. The van der Waals surface area contributed by atoms with Crippen molar-refractivity contribution in [2.75, 3.05) is 0 Å². The van der Waals surface area contributed by atoms with Crippen LogP contribution < -0.4 is 0 Å². The van der Waals surface area contributed by atoms with Gasteiger partial charge in [0.1, 0.15) is 0 Å². The van der Waals surface area contributed by atoms with E-state index in [0.29, 0.717) is 0 Å². The zero-order chi connectivity index (χ0) is 8.58. The number of hydrogen-bond donors (Lipinski definition) is 0. The van der Waals surface area contributed by atoms with Crippen molar-refractivity contribution >= 4 is 15.9 Å². The second-order valence-corrected chi connectivity index (χ2v) is 2.58. The summed E-state index contributed by atoms with van der Waals surface area (Å²) in [4.78, 5) is 0. The Bertz CT molecular complexity index is 115. The van der Waals surface area contributed by atoms with Crippen LogP contribution in [-0.4, -0.2) is 17.2 Å². The van der Waals surface area contributed by atoms with E-state index < -0.39 is 17.2 Å². The SMILES string of the molecule is FC(F)C(F)(Br)C(F)(F)F. The van der Waals surface area contributed by atoms with Crippen LogP contribution in [0.4, 0.5) is 26.3 Å². The van der Waals surface area contributed by atoms with Crippen molar-refractivity contribution in [3.8, 4) is 0 Å². The summed E-state index contributed by atoms with van der Waals surface area (Å²) in [6, 6.07) is 0. The molecule has 0 N–H and O–H groups in total. The Labute approximate surface area is 60.3 Å². The normalized spacial score (nSPS) is 19.2. The third-order valence-electron chi connectivity index (χ3n) is 0.652. The van der Waals surface area contributed by atoms with Crippen LogP contribution in [0, 0.1) is 0 Å². The van der Waals surface area contributed by atoms with Crippen LogP contribution in [0.1, 0.15) is 0 Å². The van der Waals surface area contributed by atoms with Crippen LogP contribution in [0.25, 0.3) is 0 Å². The molecule has 0 aliphatic rings. The molecule has 0 heterocycles. The molecule has 0 spiro atoms. The first-order chi connectivity index (χ1) is 4.19. The van der Waals surface area contributed by atoms with Crippen molar-refractivity contribution in [1.82, 2.24) is 0 Å². The highest BCUT2D eigenvalue weighted by atomic mass is 79.9. The molecule has 0 nitrogen and oxygen atoms in total. The smallest absolute Gasteiger partial charge is 0.215 e. The fraction of sp³-hybridized carbons (Fsp3) is 1.00. The second kappa shape index (κ2) is 2.60. The fourth-order valence-corrected chi connectivity index (χ4v) is 0.124. The summed E-state index contributed by atoms with van der Waals surface area (Å²) < 4.78 is 63.1. The van der Waals surface area contributed by atoms with E-state index in [1.807, 2.05) is 0 Å². The first-order valence-corrected chi connectivity index (χ1v) is 2.71. The lowest BCUT2D eigenvalue weighted by Gasteiger charge is -2.19. The Balaban J connectivity index is 4.40. The van der Waals surface area contributed by atoms with E-state index >= 15 is 0 Å². The Hall–Kier alpha value is 0.0600. The summed E-state index contributed by atoms with van der Waals surface area (Å²) in [5.41, 5.74) is 0. The molecule has 0 aliphatic carbocycles. The number of halogens is 7. The van der Waals surface area contributed by atoms with Crippen molar-refractivity contribution in [2.24, 2.45) is 0 Å². The average molecular weight is 231 g/mol. The van der Waals surface area contributed by atoms with Gasteiger partial charge in [0.15, 0.2) is 0 Å². The van der Waals surface area contributed by atoms with Gasteiger partial charge in [-0.1, -0.05) is 0 Å². The van der Waals surface area contributed by atoms with Crippen LogP contribution in [0.5, 0.6) is 0 Å². The topological polar surface area (TPSA) is 0 Å². The largest absolute Gasteiger partial charge is 0.438 e. The van der Waals surface area contributed by atoms with Crippen molar-refractivity contribution < 1.29 is 26.3 Å². The molecule has 7 heteroatoms. The molecule has 0 aromatic carbocycles. The minimum Gasteiger partial charge on any atom is -0.215 e. The molecule has 0 fully saturated rings. The third-order valence-corrected chi connectivity index (χ3v) is 1.45. The van der Waals surface area contributed by atoms with E-state index in [1.165, 1.54) is 15.9 Å². The summed E-state index contributed by atoms with van der Waals surface area (Å²) in [6.45, 7) is 0. The maximum Gasteiger partial charge on any atom is 0.438 e. The van der Waals surface area contributed by atoms with Gasteiger partial charge in [-0.15, -0.1) is 0 Å². The molecule has 10 heavy (non-hydrogen) atoms. The minimum atomic E-state index is -5.58. The van der Waals surface area contributed by atoms with Gasteiger partial charge in [0.2, 0.25) is 0 Å². The third kappa shape index (κ3) is 1.77. The lowest BCUT2D eigenvalue weighted by atomic mass is 10.4. The summed E-state index contributed by atoms with van der Waals surface area (Å²) in [7, 11) is 0. The van der Waals surface area contributed by atoms with Gasteiger partial charge in [0.25, 0.3) is 6.43 Å². The molecular formula is C3HBrF6. The molecule has 0 aromatic heterocycles. The van der Waals surface area contributed by atoms with Gasteiger partial charge in [-0.25, -0.2) is 13.2 Å². The van der Waals surface area contributed by atoms with Crippen molar-refractivity contribution in [2.45, 2.75) is 17.2 Å². The average Bonchev–Trinajstić information content (AvgIpc) is 1.62. The zero-order valence-electron chi connectivity index (χ0n) is 4.22. The van der Waals surface area contributed by atoms with Gasteiger partial charge in [-0.2, -0.15) is 13.2 Å². The number of alkyl halides is 7. The monoisotopic (exact) mass is 230 g/mol. The standard InChI is InChI=1S/C3HBrF6/c4-2(7,1(5)6)3(8,9)10/h1H. The Kier molecular flexibility index (Phi) is 2.61. The van der Waals surface area contributed by atoms with E-state index in [-0.39, 0.29) is 0 Å². The molecule has 0 saturated carbocycles. The predicted molar refractivity (Wildman–Crippen MR) is 24.8 cm³/mol. The maximum absolute atomic E-state index is 11.8. The highest BCUT2D eigenvalue weighted by Crippen LogP contribution is 2.43. The first-order valence-electron chi connectivity index (χ1n) is 1.92. The summed E-state index contributed by atoms with van der Waals surface area (Å²) in [6.07, 6.45) is -9.70. The molecule has 0 aliphatic heterocycles. The fourth-order valence-electron chi connectivity index (χ4n) is 0.124. The van der Waals surface area contributed by atoms with Crippen molar-refractivity contribution in [3.63, 3.8) is 0 Å². The van der Waals surface area contributed by atoms with Crippen LogP contribution in [0.15, 0.2) is 0 Å². The molecule has 1 unspecified atom stereocenters. The van der Waals surface area contributed by atoms with Crippen LogP contribution in [0.3, 0.4) is 0 Å². The van der Waals surface area contributed by atoms with Crippen LogP contribution in [-0.2, 0) is 0 Å². The molecule has 0 rings (SSSR count). The van der Waals surface area contributed by atoms with Gasteiger partial charge >= 0.3 is 10.8 Å². The van der Waals surface area contributed by atoms with E-state index in [0.717, 1.165) is 0 Å². The molecular weight excluding hydrogens is 230 g/mol. The second-order valence-electron chi connectivity index (χ2n) is 1.42. The molecule has 62 valence electrons. The molecule has 0 amide bonds. The highest BCUT2D eigenvalue weighted by Gasteiger charge is 2.61. The van der Waals surface area contributed by atoms with Gasteiger partial charge in [-0.05, 0) is 15.9 Å². The molecule has 0 saturated heterocycles. The Morgan fingerprint density at radius 3 is 1.30 bits per heavy atom. The van der Waals surface area contributed by atoms with E-state index in [2.05, 4.69) is 0 Å². The highest BCUT2D eigenvalue weighted by molar-refractivity contribution is 9.10. The summed E-state index contributed by atoms with van der Waals surface area (Å²) >= 11 is 1.23. The van der Waals surface area contributed by atoms with E-state index in [9.17, 15) is 26.3 Å². The number of hydrogen-bond acceptors (Lipinski definition) is 0. The lowest BCUT2D eigenvalue weighted by Crippen LogP contribution is -2.41. The molecule has 0 aromatic rings. The van der Waals surface area contributed by atoms with E-state index in [4.69, 9.17) is 0 Å².